The maximum absolute atomic E-state index is 12.6. The number of benzene rings is 1. The Hall–Kier alpha value is -1.81. The Balaban J connectivity index is 1.64. The highest BCUT2D eigenvalue weighted by atomic mass is 16.1. The van der Waals surface area contributed by atoms with E-state index in [0.717, 1.165) is 30.5 Å². The summed E-state index contributed by atoms with van der Waals surface area (Å²) in [5.74, 6) is 0.00122. The highest BCUT2D eigenvalue weighted by Gasteiger charge is 2.25. The zero-order chi connectivity index (χ0) is 16.3. The fourth-order valence-electron chi connectivity index (χ4n) is 3.46. The molecule has 1 saturated heterocycles. The molecule has 2 N–H and O–H groups in total. The van der Waals surface area contributed by atoms with E-state index >= 15 is 0 Å². The third-order valence-corrected chi connectivity index (χ3v) is 4.59. The second-order valence-electron chi connectivity index (χ2n) is 7.31. The zero-order valence-corrected chi connectivity index (χ0v) is 14.2. The van der Waals surface area contributed by atoms with Gasteiger partial charge in [0.1, 0.15) is 0 Å². The van der Waals surface area contributed by atoms with Gasteiger partial charge in [-0.2, -0.15) is 0 Å². The normalized spacial score (nSPS) is 17.1. The molecular weight excluding hydrogens is 286 g/mol. The molecule has 0 bridgehead atoms. The van der Waals surface area contributed by atoms with E-state index in [2.05, 4.69) is 29.0 Å². The smallest absolute Gasteiger partial charge is 0.251 e. The monoisotopic (exact) mass is 313 g/mol. The van der Waals surface area contributed by atoms with E-state index in [-0.39, 0.29) is 11.4 Å². The number of aromatic amines is 1. The Morgan fingerprint density at radius 3 is 2.65 bits per heavy atom. The minimum atomic E-state index is -0.230. The van der Waals surface area contributed by atoms with E-state index in [1.807, 2.05) is 30.5 Å². The summed E-state index contributed by atoms with van der Waals surface area (Å²) in [5.41, 5.74) is 1.48. The summed E-state index contributed by atoms with van der Waals surface area (Å²) in [5, 5.41) is 4.33. The molecule has 4 heteroatoms. The van der Waals surface area contributed by atoms with Crippen molar-refractivity contribution in [2.24, 2.45) is 0 Å². The number of rotatable bonds is 4. The zero-order valence-electron chi connectivity index (χ0n) is 14.2. The van der Waals surface area contributed by atoms with E-state index < -0.39 is 0 Å². The Labute approximate surface area is 138 Å². The summed E-state index contributed by atoms with van der Waals surface area (Å²) >= 11 is 0. The molecule has 23 heavy (non-hydrogen) atoms. The lowest BCUT2D eigenvalue weighted by molar-refractivity contribution is 0.0888. The number of aromatic nitrogens is 1. The molecule has 3 rings (SSSR count). The van der Waals surface area contributed by atoms with E-state index in [0.29, 0.717) is 5.56 Å². The maximum Gasteiger partial charge on any atom is 0.251 e. The third-order valence-electron chi connectivity index (χ3n) is 4.59. The molecule has 0 atom stereocenters. The van der Waals surface area contributed by atoms with Gasteiger partial charge in [0.2, 0.25) is 0 Å². The molecule has 4 nitrogen and oxygen atoms in total. The van der Waals surface area contributed by atoms with Crippen molar-refractivity contribution >= 4 is 16.8 Å². The van der Waals surface area contributed by atoms with Gasteiger partial charge in [-0.1, -0.05) is 18.9 Å². The van der Waals surface area contributed by atoms with Crippen LogP contribution in [0.4, 0.5) is 0 Å². The summed E-state index contributed by atoms with van der Waals surface area (Å²) < 4.78 is 0. The molecule has 124 valence electrons. The number of nitrogens with zero attached hydrogens (tertiary/aromatic N) is 1. The van der Waals surface area contributed by atoms with Crippen molar-refractivity contribution < 1.29 is 4.79 Å². The Morgan fingerprint density at radius 2 is 1.91 bits per heavy atom. The molecule has 0 radical (unpaired) electrons. The van der Waals surface area contributed by atoms with Gasteiger partial charge in [-0.05, 0) is 63.4 Å². The van der Waals surface area contributed by atoms with Crippen LogP contribution in [0.1, 0.15) is 49.9 Å². The van der Waals surface area contributed by atoms with Crippen LogP contribution in [-0.2, 0) is 0 Å². The molecule has 1 aliphatic heterocycles. The van der Waals surface area contributed by atoms with Crippen molar-refractivity contribution in [2.75, 3.05) is 19.6 Å². The summed E-state index contributed by atoms with van der Waals surface area (Å²) in [4.78, 5) is 18.2. The van der Waals surface area contributed by atoms with Crippen LogP contribution in [0.15, 0.2) is 30.5 Å². The first kappa shape index (κ1) is 16.1. The van der Waals surface area contributed by atoms with Gasteiger partial charge in [-0.15, -0.1) is 0 Å². The van der Waals surface area contributed by atoms with Crippen LogP contribution < -0.4 is 5.32 Å². The number of amides is 1. The van der Waals surface area contributed by atoms with Gasteiger partial charge < -0.3 is 15.2 Å². The average molecular weight is 313 g/mol. The number of nitrogens with one attached hydrogen (secondary N) is 2. The summed E-state index contributed by atoms with van der Waals surface area (Å²) in [6, 6.07) is 7.82. The standard InChI is InChI=1S/C19H27N3O/c1-19(2,14-22-11-5-3-4-6-12-22)21-18(23)16-8-7-15-9-10-20-17(15)13-16/h7-10,13,20H,3-6,11-12,14H2,1-2H3,(H,21,23). The molecule has 0 saturated carbocycles. The average Bonchev–Trinajstić information content (AvgIpc) is 2.83. The highest BCUT2D eigenvalue weighted by Crippen LogP contribution is 2.17. The lowest BCUT2D eigenvalue weighted by Gasteiger charge is -2.33. The van der Waals surface area contributed by atoms with Gasteiger partial charge in [-0.25, -0.2) is 0 Å². The molecular formula is C19H27N3O. The predicted molar refractivity (Wildman–Crippen MR) is 94.8 cm³/mol. The van der Waals surface area contributed by atoms with Crippen LogP contribution in [0, 0.1) is 0 Å². The minimum absolute atomic E-state index is 0.00122. The van der Waals surface area contributed by atoms with E-state index in [1.165, 1.54) is 25.7 Å². The minimum Gasteiger partial charge on any atom is -0.361 e. The fraction of sp³-hybridized carbons (Fsp3) is 0.526. The first-order valence-corrected chi connectivity index (χ1v) is 8.66. The van der Waals surface area contributed by atoms with Crippen LogP contribution in [0.3, 0.4) is 0 Å². The maximum atomic E-state index is 12.6. The topological polar surface area (TPSA) is 48.1 Å². The molecule has 2 aromatic rings. The molecule has 1 aromatic carbocycles. The lowest BCUT2D eigenvalue weighted by Crippen LogP contribution is -2.51. The molecule has 0 aliphatic carbocycles. The van der Waals surface area contributed by atoms with E-state index in [9.17, 15) is 4.79 Å². The van der Waals surface area contributed by atoms with Crippen LogP contribution in [0.25, 0.3) is 10.9 Å². The fourth-order valence-corrected chi connectivity index (χ4v) is 3.46. The second kappa shape index (κ2) is 6.75. The number of likely N-dealkylation sites (tertiary alicyclic amines) is 1. The first-order valence-electron chi connectivity index (χ1n) is 8.66. The van der Waals surface area contributed by atoms with Crippen molar-refractivity contribution in [1.82, 2.24) is 15.2 Å². The van der Waals surface area contributed by atoms with Crippen LogP contribution in [0.2, 0.25) is 0 Å². The SMILES string of the molecule is CC(C)(CN1CCCCCC1)NC(=O)c1ccc2cc[nH]c2c1. The van der Waals surface area contributed by atoms with Gasteiger partial charge in [0.25, 0.3) is 5.91 Å². The number of hydrogen-bond acceptors (Lipinski definition) is 2. The predicted octanol–water partition coefficient (Wildman–Crippen LogP) is 3.55. The van der Waals surface area contributed by atoms with Gasteiger partial charge in [0, 0.05) is 29.4 Å². The van der Waals surface area contributed by atoms with Crippen molar-refractivity contribution in [1.29, 1.82) is 0 Å². The Morgan fingerprint density at radius 1 is 1.17 bits per heavy atom. The molecule has 2 heterocycles. The summed E-state index contributed by atoms with van der Waals surface area (Å²) in [7, 11) is 0. The molecule has 1 aromatic heterocycles. The number of hydrogen-bond donors (Lipinski definition) is 2. The summed E-state index contributed by atoms with van der Waals surface area (Å²) in [6.45, 7) is 7.43. The molecule has 1 fully saturated rings. The molecule has 1 aliphatic rings. The van der Waals surface area contributed by atoms with Gasteiger partial charge in [-0.3, -0.25) is 4.79 Å². The van der Waals surface area contributed by atoms with Crippen molar-refractivity contribution in [2.45, 2.75) is 45.1 Å². The number of carbonyl (C=O) groups excluding carboxylic acids is 1. The van der Waals surface area contributed by atoms with Crippen LogP contribution >= 0.6 is 0 Å². The summed E-state index contributed by atoms with van der Waals surface area (Å²) in [6.07, 6.45) is 7.11. The van der Waals surface area contributed by atoms with E-state index in [1.54, 1.807) is 0 Å². The van der Waals surface area contributed by atoms with E-state index in [4.69, 9.17) is 0 Å². The van der Waals surface area contributed by atoms with Crippen LogP contribution in [0.5, 0.6) is 0 Å². The third kappa shape index (κ3) is 4.14. The largest absolute Gasteiger partial charge is 0.361 e. The number of carbonyl (C=O) groups is 1. The number of fused-ring (bicyclic) bond motifs is 1. The number of H-pyrrole nitrogens is 1. The lowest BCUT2D eigenvalue weighted by atomic mass is 10.0. The van der Waals surface area contributed by atoms with Gasteiger partial charge in [0.05, 0.1) is 0 Å². The Kier molecular flexibility index (Phi) is 4.71. The molecule has 1 amide bonds. The van der Waals surface area contributed by atoms with Crippen molar-refractivity contribution in [3.63, 3.8) is 0 Å². The molecule has 0 spiro atoms. The Bertz CT molecular complexity index is 666. The highest BCUT2D eigenvalue weighted by molar-refractivity contribution is 5.98. The molecule has 0 unspecified atom stereocenters. The van der Waals surface area contributed by atoms with Crippen molar-refractivity contribution in [3.8, 4) is 0 Å². The second-order valence-corrected chi connectivity index (χ2v) is 7.31. The van der Waals surface area contributed by atoms with Gasteiger partial charge >= 0.3 is 0 Å². The van der Waals surface area contributed by atoms with Crippen molar-refractivity contribution in [3.05, 3.63) is 36.0 Å². The quantitative estimate of drug-likeness (QED) is 0.907. The van der Waals surface area contributed by atoms with Crippen LogP contribution in [-0.4, -0.2) is 41.0 Å². The van der Waals surface area contributed by atoms with Gasteiger partial charge in [0.15, 0.2) is 0 Å². The first-order chi connectivity index (χ1) is 11.0.